The van der Waals surface area contributed by atoms with Gasteiger partial charge in [0.2, 0.25) is 0 Å². The molecule has 0 saturated heterocycles. The van der Waals surface area contributed by atoms with Crippen molar-refractivity contribution < 1.29 is 19.1 Å². The van der Waals surface area contributed by atoms with Crippen LogP contribution >= 0.6 is 0 Å². The zero-order valence-electron chi connectivity index (χ0n) is 20.7. The number of aromatic nitrogens is 2. The summed E-state index contributed by atoms with van der Waals surface area (Å²) in [5.74, 6) is -0.260. The lowest BCUT2D eigenvalue weighted by Crippen LogP contribution is -2.24. The fraction of sp³-hybridized carbons (Fsp3) is 0.444. The molecule has 0 unspecified atom stereocenters. The van der Waals surface area contributed by atoms with Crippen LogP contribution in [0.4, 0.5) is 0 Å². The number of hydrogen-bond donors (Lipinski definition) is 0. The smallest absolute Gasteiger partial charge is 0.302 e. The molecule has 33 heavy (non-hydrogen) atoms. The van der Waals surface area contributed by atoms with E-state index in [0.29, 0.717) is 18.6 Å². The summed E-state index contributed by atoms with van der Waals surface area (Å²) in [6.45, 7) is 12.4. The molecule has 0 N–H and O–H groups in total. The summed E-state index contributed by atoms with van der Waals surface area (Å²) < 4.78 is 13.3. The highest BCUT2D eigenvalue weighted by Crippen LogP contribution is 2.40. The van der Waals surface area contributed by atoms with Crippen molar-refractivity contribution in [2.45, 2.75) is 60.6 Å². The van der Waals surface area contributed by atoms with Gasteiger partial charge >= 0.3 is 5.97 Å². The van der Waals surface area contributed by atoms with E-state index in [-0.39, 0.29) is 23.3 Å². The highest BCUT2D eigenvalue weighted by Gasteiger charge is 2.28. The van der Waals surface area contributed by atoms with Gasteiger partial charge in [-0.1, -0.05) is 13.8 Å². The highest BCUT2D eigenvalue weighted by atomic mass is 16.5. The Hall–Kier alpha value is -2.99. The first-order valence-corrected chi connectivity index (χ1v) is 11.4. The van der Waals surface area contributed by atoms with Crippen LogP contribution in [0.2, 0.25) is 0 Å². The molecule has 0 fully saturated rings. The first-order chi connectivity index (χ1) is 15.6. The van der Waals surface area contributed by atoms with E-state index < -0.39 is 0 Å². The number of aryl methyl sites for hydroxylation is 1. The zero-order valence-corrected chi connectivity index (χ0v) is 20.7. The maximum atomic E-state index is 12.2. The molecular formula is C27H34N2O4. The molecule has 2 heterocycles. The maximum absolute atomic E-state index is 12.2. The van der Waals surface area contributed by atoms with Crippen molar-refractivity contribution in [2.24, 2.45) is 5.41 Å². The number of pyridine rings is 1. The Balaban J connectivity index is 2.33. The number of rotatable bonds is 9. The van der Waals surface area contributed by atoms with Gasteiger partial charge in [0.1, 0.15) is 0 Å². The molecule has 6 heteroatoms. The average molecular weight is 451 g/mol. The number of Topliss-reactive ketones (excluding diaryl/α,β-unsaturated/α-hetero) is 1. The van der Waals surface area contributed by atoms with Gasteiger partial charge in [0.25, 0.3) is 0 Å². The van der Waals surface area contributed by atoms with Gasteiger partial charge in [-0.15, -0.1) is 0 Å². The minimum Gasteiger partial charge on any atom is -0.465 e. The van der Waals surface area contributed by atoms with Gasteiger partial charge in [-0.25, -0.2) is 0 Å². The van der Waals surface area contributed by atoms with Gasteiger partial charge in [-0.2, -0.15) is 0 Å². The van der Waals surface area contributed by atoms with Crippen molar-refractivity contribution in [3.63, 3.8) is 0 Å². The molecular weight excluding hydrogens is 416 g/mol. The Morgan fingerprint density at radius 1 is 1.18 bits per heavy atom. The van der Waals surface area contributed by atoms with E-state index in [2.05, 4.69) is 36.4 Å². The van der Waals surface area contributed by atoms with Gasteiger partial charge in [-0.05, 0) is 63.1 Å². The number of ether oxygens (including phenoxy) is 2. The van der Waals surface area contributed by atoms with Crippen molar-refractivity contribution in [1.82, 2.24) is 9.55 Å². The normalized spacial score (nSPS) is 12.7. The Morgan fingerprint density at radius 2 is 1.91 bits per heavy atom. The number of carbonyl (C=O) groups excluding carboxylic acids is 2. The number of esters is 1. The first kappa shape index (κ1) is 24.6. The van der Waals surface area contributed by atoms with Crippen LogP contribution in [0.15, 0.2) is 36.5 Å². The summed E-state index contributed by atoms with van der Waals surface area (Å²) in [6.07, 6.45) is 2.26. The predicted molar refractivity (Wildman–Crippen MR) is 130 cm³/mol. The third-order valence-corrected chi connectivity index (χ3v) is 6.04. The Labute approximate surface area is 195 Å². The molecule has 0 aliphatic carbocycles. The van der Waals surface area contributed by atoms with Crippen molar-refractivity contribution in [3.05, 3.63) is 53.3 Å². The van der Waals surface area contributed by atoms with Crippen molar-refractivity contribution >= 4 is 22.7 Å². The number of carbonyl (C=O) groups is 2. The lowest BCUT2D eigenvalue weighted by atomic mass is 9.84. The maximum Gasteiger partial charge on any atom is 0.302 e. The summed E-state index contributed by atoms with van der Waals surface area (Å²) in [6, 6.07) is 9.91. The molecule has 0 radical (unpaired) electrons. The van der Waals surface area contributed by atoms with E-state index in [1.807, 2.05) is 31.2 Å². The van der Waals surface area contributed by atoms with Crippen LogP contribution in [0.3, 0.4) is 0 Å². The van der Waals surface area contributed by atoms with E-state index >= 15 is 0 Å². The molecule has 0 amide bonds. The van der Waals surface area contributed by atoms with Crippen LogP contribution in [0.5, 0.6) is 0 Å². The van der Waals surface area contributed by atoms with E-state index in [0.717, 1.165) is 40.0 Å². The van der Waals surface area contributed by atoms with Crippen LogP contribution in [-0.4, -0.2) is 35.0 Å². The second kappa shape index (κ2) is 9.87. The molecule has 1 aromatic carbocycles. The lowest BCUT2D eigenvalue weighted by Gasteiger charge is -2.25. The monoisotopic (exact) mass is 450 g/mol. The molecule has 3 aromatic rings. The Kier molecular flexibility index (Phi) is 7.38. The zero-order chi connectivity index (χ0) is 24.3. The molecule has 3 rings (SSSR count). The summed E-state index contributed by atoms with van der Waals surface area (Å²) in [4.78, 5) is 28.3. The summed E-state index contributed by atoms with van der Waals surface area (Å²) in [7, 11) is 1.68. The second-order valence-electron chi connectivity index (χ2n) is 9.29. The predicted octanol–water partition coefficient (Wildman–Crippen LogP) is 5.77. The van der Waals surface area contributed by atoms with Gasteiger partial charge in [0.15, 0.2) is 5.78 Å². The third-order valence-electron chi connectivity index (χ3n) is 6.04. The van der Waals surface area contributed by atoms with E-state index in [1.54, 1.807) is 20.2 Å². The molecule has 176 valence electrons. The molecule has 1 atom stereocenters. The summed E-state index contributed by atoms with van der Waals surface area (Å²) in [5.41, 5.74) is 5.49. The standard InChI is InChI=1S/C27H34N2O4/c1-8-29-24-12-11-20(17(2)30)14-22(24)23(15-27(5,6)16-33-19(4)31)26(29)21-10-9-13-28-25(21)18(3)32-7/h9-14,18H,8,15-16H2,1-7H3/t18-/m0/s1. The number of ketones is 1. The van der Waals surface area contributed by atoms with Gasteiger partial charge in [0, 0.05) is 54.2 Å². The van der Waals surface area contributed by atoms with E-state index in [1.165, 1.54) is 6.92 Å². The molecule has 0 bridgehead atoms. The number of nitrogens with zero attached hydrogens (tertiary/aromatic N) is 2. The van der Waals surface area contributed by atoms with Crippen molar-refractivity contribution in [3.8, 4) is 11.3 Å². The quantitative estimate of drug-likeness (QED) is 0.306. The summed E-state index contributed by atoms with van der Waals surface area (Å²) in [5, 5.41) is 1.04. The first-order valence-electron chi connectivity index (χ1n) is 11.4. The van der Waals surface area contributed by atoms with Crippen molar-refractivity contribution in [1.29, 1.82) is 0 Å². The van der Waals surface area contributed by atoms with E-state index in [9.17, 15) is 9.59 Å². The van der Waals surface area contributed by atoms with Gasteiger partial charge in [-0.3, -0.25) is 14.6 Å². The molecule has 0 spiro atoms. The fourth-order valence-electron chi connectivity index (χ4n) is 4.34. The molecule has 2 aromatic heterocycles. The van der Waals surface area contributed by atoms with Gasteiger partial charge in [0.05, 0.1) is 24.1 Å². The van der Waals surface area contributed by atoms with Crippen LogP contribution in [0.25, 0.3) is 22.2 Å². The van der Waals surface area contributed by atoms with Crippen LogP contribution in [0.1, 0.15) is 69.3 Å². The third kappa shape index (κ3) is 5.17. The lowest BCUT2D eigenvalue weighted by molar-refractivity contribution is -0.143. The molecule has 0 saturated carbocycles. The number of methoxy groups -OCH3 is 1. The summed E-state index contributed by atoms with van der Waals surface area (Å²) >= 11 is 0. The SMILES string of the molecule is CCn1c(-c2cccnc2[C@H](C)OC)c(CC(C)(C)COC(C)=O)c2cc(C(C)=O)ccc21. The molecule has 6 nitrogen and oxygen atoms in total. The molecule has 0 aliphatic rings. The van der Waals surface area contributed by atoms with Crippen LogP contribution in [0, 0.1) is 5.41 Å². The average Bonchev–Trinajstić information content (AvgIpc) is 3.09. The van der Waals surface area contributed by atoms with Gasteiger partial charge < -0.3 is 14.0 Å². The van der Waals surface area contributed by atoms with Crippen LogP contribution in [-0.2, 0) is 27.2 Å². The number of benzene rings is 1. The Bertz CT molecular complexity index is 1180. The van der Waals surface area contributed by atoms with Crippen LogP contribution < -0.4 is 0 Å². The Morgan fingerprint density at radius 3 is 2.52 bits per heavy atom. The number of hydrogen-bond acceptors (Lipinski definition) is 5. The minimum absolute atomic E-state index is 0.0305. The highest BCUT2D eigenvalue weighted by molar-refractivity contribution is 6.01. The van der Waals surface area contributed by atoms with E-state index in [4.69, 9.17) is 9.47 Å². The largest absolute Gasteiger partial charge is 0.465 e. The minimum atomic E-state index is -0.311. The molecule has 0 aliphatic heterocycles. The van der Waals surface area contributed by atoms with Crippen molar-refractivity contribution in [2.75, 3.05) is 13.7 Å². The topological polar surface area (TPSA) is 70.4 Å². The number of fused-ring (bicyclic) bond motifs is 1. The second-order valence-corrected chi connectivity index (χ2v) is 9.29. The fourth-order valence-corrected chi connectivity index (χ4v) is 4.34.